The first-order chi connectivity index (χ1) is 31.9. The first-order valence-corrected chi connectivity index (χ1v) is 25.3. The number of halogens is 6. The van der Waals surface area contributed by atoms with E-state index in [-0.39, 0.29) is 61.0 Å². The summed E-state index contributed by atoms with van der Waals surface area (Å²) in [6.45, 7) is 21.4. The number of hydrogen-bond donors (Lipinski definition) is 2. The van der Waals surface area contributed by atoms with Crippen molar-refractivity contribution in [1.29, 1.82) is 0 Å². The summed E-state index contributed by atoms with van der Waals surface area (Å²) in [5.41, 5.74) is -2.02. The van der Waals surface area contributed by atoms with Gasteiger partial charge in [-0.3, -0.25) is 19.0 Å². The Kier molecular flexibility index (Phi) is 12.7. The lowest BCUT2D eigenvalue weighted by Gasteiger charge is -2.56. The number of alkyl halides is 6. The van der Waals surface area contributed by atoms with Crippen LogP contribution >= 0.6 is 0 Å². The van der Waals surface area contributed by atoms with E-state index in [1.54, 1.807) is 0 Å². The summed E-state index contributed by atoms with van der Waals surface area (Å²) in [7, 11) is 0. The zero-order chi connectivity index (χ0) is 48.9. The number of fused-ring (bicyclic) bond motifs is 10. The van der Waals surface area contributed by atoms with Crippen molar-refractivity contribution in [3.63, 3.8) is 0 Å². The van der Waals surface area contributed by atoms with Crippen LogP contribution in [0.15, 0.2) is 24.8 Å². The number of aromatic nitrogens is 4. The highest BCUT2D eigenvalue weighted by Crippen LogP contribution is 2.70. The molecule has 2 heterocycles. The standard InChI is InChI=1S/2C26H34F3N3O2/c2*1-24(34)8-6-17-15(11-24)4-5-19-18(17)7-9-25(2)20(19)10-21(26(27,28)29)23(25)22(33)14-32-13-16(30-3)12-31-32/h2*12-13,15,17-21,23,34H,4-11,14H2,1-2H3/t15-,17+,18?,19?,20?,21+,23?,24-,25+;15-,17+,18?,19?,20?,21-,23?,24-,25+/m11/s1. The van der Waals surface area contributed by atoms with Gasteiger partial charge in [0.1, 0.15) is 0 Å². The summed E-state index contributed by atoms with van der Waals surface area (Å²) in [6, 6.07) is 0. The molecule has 372 valence electrons. The smallest absolute Gasteiger partial charge is 0.390 e. The Morgan fingerprint density at radius 2 is 0.971 bits per heavy atom. The van der Waals surface area contributed by atoms with Gasteiger partial charge in [0, 0.05) is 24.2 Å². The average Bonchev–Trinajstić information content (AvgIpc) is 4.05. The van der Waals surface area contributed by atoms with E-state index < -0.39 is 69.6 Å². The van der Waals surface area contributed by atoms with E-state index in [0.717, 1.165) is 77.0 Å². The van der Waals surface area contributed by atoms with Crippen LogP contribution in [0.5, 0.6) is 0 Å². The van der Waals surface area contributed by atoms with Crippen LogP contribution in [0, 0.1) is 107 Å². The third kappa shape index (κ3) is 8.87. The predicted octanol–water partition coefficient (Wildman–Crippen LogP) is 11.6. The highest BCUT2D eigenvalue weighted by atomic mass is 19.4. The first kappa shape index (κ1) is 49.2. The molecule has 8 aliphatic carbocycles. The van der Waals surface area contributed by atoms with Gasteiger partial charge < -0.3 is 10.2 Å². The second-order valence-electron chi connectivity index (χ2n) is 24.1. The molecule has 8 aliphatic rings. The molecular weight excluding hydrogens is 887 g/mol. The Balaban J connectivity index is 0.000000170. The van der Waals surface area contributed by atoms with E-state index >= 15 is 0 Å². The van der Waals surface area contributed by atoms with Crippen LogP contribution in [-0.4, -0.2) is 64.9 Å². The maximum Gasteiger partial charge on any atom is 0.392 e. The van der Waals surface area contributed by atoms with E-state index in [2.05, 4.69) is 19.9 Å². The van der Waals surface area contributed by atoms with Crippen molar-refractivity contribution in [1.82, 2.24) is 19.6 Å². The molecule has 10 nitrogen and oxygen atoms in total. The Bertz CT molecular complexity index is 2150. The molecule has 2 N–H and O–H groups in total. The molecule has 2 aromatic rings. The lowest BCUT2D eigenvalue weighted by Crippen LogP contribution is -2.51. The van der Waals surface area contributed by atoms with Gasteiger partial charge >= 0.3 is 12.4 Å². The molecular formula is C52H68F6N6O4. The van der Waals surface area contributed by atoms with Crippen molar-refractivity contribution in [2.24, 2.45) is 93.7 Å². The van der Waals surface area contributed by atoms with Crippen molar-refractivity contribution >= 4 is 22.9 Å². The minimum Gasteiger partial charge on any atom is -0.390 e. The fourth-order valence-corrected chi connectivity index (χ4v) is 17.6. The van der Waals surface area contributed by atoms with Crippen LogP contribution < -0.4 is 0 Å². The molecule has 8 saturated carbocycles. The predicted molar refractivity (Wildman–Crippen MR) is 239 cm³/mol. The Morgan fingerprint density at radius 1 is 0.603 bits per heavy atom. The van der Waals surface area contributed by atoms with E-state index in [4.69, 9.17) is 13.1 Å². The molecule has 0 amide bonds. The number of nitrogens with zero attached hydrogens (tertiary/aromatic N) is 6. The number of carbonyl (C=O) groups excluding carboxylic acids is 2. The molecule has 68 heavy (non-hydrogen) atoms. The van der Waals surface area contributed by atoms with Crippen LogP contribution in [0.3, 0.4) is 0 Å². The number of Topliss-reactive ketones (excluding diaryl/α,β-unsaturated/α-hetero) is 2. The minimum atomic E-state index is -4.41. The Labute approximate surface area is 396 Å². The number of ketones is 2. The van der Waals surface area contributed by atoms with Gasteiger partial charge in [-0.2, -0.15) is 36.5 Å². The van der Waals surface area contributed by atoms with Gasteiger partial charge in [-0.25, -0.2) is 9.69 Å². The van der Waals surface area contributed by atoms with Crippen molar-refractivity contribution in [3.8, 4) is 0 Å². The minimum absolute atomic E-state index is 0.0408. The van der Waals surface area contributed by atoms with E-state index in [1.807, 2.05) is 27.7 Å². The molecule has 18 atom stereocenters. The molecule has 0 saturated heterocycles. The number of rotatable bonds is 6. The van der Waals surface area contributed by atoms with Crippen LogP contribution in [-0.2, 0) is 22.7 Å². The van der Waals surface area contributed by atoms with Crippen molar-refractivity contribution < 1.29 is 46.1 Å². The van der Waals surface area contributed by atoms with E-state index in [0.29, 0.717) is 48.3 Å². The van der Waals surface area contributed by atoms with Gasteiger partial charge in [0.2, 0.25) is 11.4 Å². The molecule has 0 bridgehead atoms. The maximum absolute atomic E-state index is 14.3. The largest absolute Gasteiger partial charge is 0.392 e. The second-order valence-corrected chi connectivity index (χ2v) is 24.1. The van der Waals surface area contributed by atoms with Crippen LogP contribution in [0.2, 0.25) is 0 Å². The second kappa shape index (κ2) is 17.5. The summed E-state index contributed by atoms with van der Waals surface area (Å²) in [4.78, 5) is 33.4. The zero-order valence-electron chi connectivity index (χ0n) is 39.8. The van der Waals surface area contributed by atoms with Crippen molar-refractivity contribution in [2.75, 3.05) is 0 Å². The fraction of sp³-hybridized carbons (Fsp3) is 0.808. The van der Waals surface area contributed by atoms with Gasteiger partial charge in [0.05, 0.1) is 61.7 Å². The number of aliphatic hydroxyl groups is 2. The Hall–Kier alpha value is -3.76. The maximum atomic E-state index is 14.3. The molecule has 0 radical (unpaired) electrons. The van der Waals surface area contributed by atoms with Gasteiger partial charge in [-0.05, 0) is 187 Å². The molecule has 0 aliphatic heterocycles. The Morgan fingerprint density at radius 3 is 1.31 bits per heavy atom. The van der Waals surface area contributed by atoms with Crippen molar-refractivity contribution in [2.45, 2.75) is 167 Å². The van der Waals surface area contributed by atoms with Crippen molar-refractivity contribution in [3.05, 3.63) is 47.6 Å². The SMILES string of the molecule is [C-]#[N+]c1cnn(CC(=O)C2[C@@H](C(F)(F)F)CC3C4CC[C@@H]5C[C@](C)(O)CC[C@@H]5C4CC[C@@]32C)c1.[C-]#[N+]c1cnn(CC(=O)C2[C@H](C(F)(F)F)CC3C4CC[C@@H]5C[C@](C)(O)CC[C@@H]5C4CC[C@@]32C)c1. The topological polar surface area (TPSA) is 119 Å². The fourth-order valence-electron chi connectivity index (χ4n) is 17.6. The summed E-state index contributed by atoms with van der Waals surface area (Å²) >= 11 is 0. The van der Waals surface area contributed by atoms with Gasteiger partial charge in [-0.15, -0.1) is 0 Å². The highest BCUT2D eigenvalue weighted by molar-refractivity contribution is 5.83. The zero-order valence-corrected chi connectivity index (χ0v) is 39.8. The number of carbonyl (C=O) groups is 2. The molecule has 0 aromatic carbocycles. The van der Waals surface area contributed by atoms with E-state index in [1.165, 1.54) is 34.2 Å². The lowest BCUT2D eigenvalue weighted by molar-refractivity contribution is -0.191. The molecule has 0 spiro atoms. The lowest BCUT2D eigenvalue weighted by atomic mass is 9.49. The van der Waals surface area contributed by atoms with Crippen LogP contribution in [0.4, 0.5) is 37.7 Å². The third-order valence-electron chi connectivity index (χ3n) is 20.3. The number of hydrogen-bond acceptors (Lipinski definition) is 6. The van der Waals surface area contributed by atoms with Crippen LogP contribution in [0.1, 0.15) is 130 Å². The highest BCUT2D eigenvalue weighted by Gasteiger charge is 2.68. The van der Waals surface area contributed by atoms with Gasteiger partial charge in [-0.1, -0.05) is 13.8 Å². The van der Waals surface area contributed by atoms with Gasteiger partial charge in [0.25, 0.3) is 0 Å². The summed E-state index contributed by atoms with van der Waals surface area (Å²) in [5, 5.41) is 29.2. The first-order valence-electron chi connectivity index (χ1n) is 25.3. The molecule has 16 heteroatoms. The molecule has 2 aromatic heterocycles. The van der Waals surface area contributed by atoms with E-state index in [9.17, 15) is 46.1 Å². The normalized spacial score (nSPS) is 44.0. The molecule has 8 fully saturated rings. The summed E-state index contributed by atoms with van der Waals surface area (Å²) < 4.78 is 88.5. The monoisotopic (exact) mass is 955 g/mol. The average molecular weight is 955 g/mol. The quantitative estimate of drug-likeness (QED) is 0.220. The summed E-state index contributed by atoms with van der Waals surface area (Å²) in [5.74, 6) is -3.24. The third-order valence-corrected chi connectivity index (χ3v) is 20.3. The van der Waals surface area contributed by atoms with Gasteiger partial charge in [0.15, 0.2) is 11.6 Å². The molecule has 10 rings (SSSR count). The molecule has 8 unspecified atom stereocenters. The summed E-state index contributed by atoms with van der Waals surface area (Å²) in [6.07, 6.45) is 8.61. The van der Waals surface area contributed by atoms with Crippen LogP contribution in [0.25, 0.3) is 9.69 Å².